The topological polar surface area (TPSA) is 38.8 Å². The van der Waals surface area contributed by atoms with Crippen molar-refractivity contribution >= 4 is 11.8 Å². The number of halogens is 1. The molecule has 0 fully saturated rings. The summed E-state index contributed by atoms with van der Waals surface area (Å²) in [6.45, 7) is 5.90. The molecule has 1 aliphatic rings. The number of rotatable bonds is 1. The average molecular weight is 267 g/mol. The van der Waals surface area contributed by atoms with E-state index in [1.165, 1.54) is 18.1 Å². The Morgan fingerprint density at radius 3 is 2.63 bits per heavy atom. The van der Waals surface area contributed by atoms with Gasteiger partial charge in [0.2, 0.25) is 0 Å². The van der Waals surface area contributed by atoms with Crippen LogP contribution in [0, 0.1) is 5.82 Å². The molecular weight excluding hydrogens is 249 g/mol. The van der Waals surface area contributed by atoms with E-state index in [4.69, 9.17) is 9.47 Å². The van der Waals surface area contributed by atoms with E-state index in [9.17, 15) is 9.18 Å². The van der Waals surface area contributed by atoms with Crippen LogP contribution in [0.3, 0.4) is 0 Å². The van der Waals surface area contributed by atoms with Crippen molar-refractivity contribution in [3.8, 4) is 5.75 Å². The number of methoxy groups -OCH3 is 1. The molecule has 0 unspecified atom stereocenters. The van der Waals surface area contributed by atoms with E-state index in [-0.39, 0.29) is 5.75 Å². The first kappa shape index (κ1) is 13.6. The molecule has 1 aliphatic heterocycles. The van der Waals surface area contributed by atoms with Crippen LogP contribution in [0.25, 0.3) is 0 Å². The molecule has 0 atom stereocenters. The van der Waals surface area contributed by atoms with Crippen LogP contribution in [-0.2, 0) is 11.2 Å². The Morgan fingerprint density at radius 1 is 1.37 bits per heavy atom. The zero-order valence-electron chi connectivity index (χ0n) is 11.6. The Morgan fingerprint density at radius 2 is 2.05 bits per heavy atom. The predicted octanol–water partition coefficient (Wildman–Crippen LogP) is 3.13. The molecule has 0 spiro atoms. The lowest BCUT2D eigenvalue weighted by atomic mass is 10.1. The van der Waals surface area contributed by atoms with Gasteiger partial charge in [-0.2, -0.15) is 0 Å². The zero-order valence-corrected chi connectivity index (χ0v) is 11.6. The van der Waals surface area contributed by atoms with E-state index in [1.54, 1.807) is 26.8 Å². The van der Waals surface area contributed by atoms with Gasteiger partial charge in [0.1, 0.15) is 5.60 Å². The molecule has 1 heterocycles. The summed E-state index contributed by atoms with van der Waals surface area (Å²) >= 11 is 0. The van der Waals surface area contributed by atoms with Gasteiger partial charge in [-0.25, -0.2) is 9.18 Å². The third-order valence-electron chi connectivity index (χ3n) is 2.86. The van der Waals surface area contributed by atoms with Gasteiger partial charge in [-0.3, -0.25) is 4.90 Å². The first-order chi connectivity index (χ1) is 8.81. The summed E-state index contributed by atoms with van der Waals surface area (Å²) in [5, 5.41) is 0. The Kier molecular flexibility index (Phi) is 3.39. The van der Waals surface area contributed by atoms with Crippen molar-refractivity contribution in [2.24, 2.45) is 0 Å². The molecule has 1 amide bonds. The van der Waals surface area contributed by atoms with Crippen molar-refractivity contribution in [1.82, 2.24) is 0 Å². The van der Waals surface area contributed by atoms with E-state index in [0.717, 1.165) is 5.56 Å². The van der Waals surface area contributed by atoms with E-state index >= 15 is 0 Å². The van der Waals surface area contributed by atoms with Crippen molar-refractivity contribution in [3.05, 3.63) is 23.5 Å². The molecule has 0 radical (unpaired) electrons. The first-order valence-corrected chi connectivity index (χ1v) is 6.19. The van der Waals surface area contributed by atoms with Crippen molar-refractivity contribution in [3.63, 3.8) is 0 Å². The zero-order chi connectivity index (χ0) is 14.2. The number of fused-ring (bicyclic) bond motifs is 1. The first-order valence-electron chi connectivity index (χ1n) is 6.19. The van der Waals surface area contributed by atoms with E-state index in [0.29, 0.717) is 18.7 Å². The minimum atomic E-state index is -0.565. The van der Waals surface area contributed by atoms with Gasteiger partial charge in [-0.15, -0.1) is 0 Å². The highest BCUT2D eigenvalue weighted by atomic mass is 19.1. The van der Waals surface area contributed by atoms with Gasteiger partial charge >= 0.3 is 6.09 Å². The molecule has 0 saturated heterocycles. The van der Waals surface area contributed by atoms with Crippen molar-refractivity contribution in [2.45, 2.75) is 32.8 Å². The van der Waals surface area contributed by atoms with Crippen LogP contribution < -0.4 is 9.64 Å². The molecule has 1 aromatic rings. The number of carbonyl (C=O) groups is 1. The highest BCUT2D eigenvalue weighted by Gasteiger charge is 2.30. The second kappa shape index (κ2) is 4.72. The Bertz CT molecular complexity index is 508. The highest BCUT2D eigenvalue weighted by molar-refractivity contribution is 5.90. The molecule has 104 valence electrons. The molecule has 0 aliphatic carbocycles. The SMILES string of the molecule is COc1cc2c(cc1F)N(C(=O)OC(C)(C)C)CC2. The standard InChI is InChI=1S/C14H18FNO3/c1-14(2,3)19-13(17)16-6-5-9-7-12(18-4)10(15)8-11(9)16/h7-8H,5-6H2,1-4H3. The smallest absolute Gasteiger partial charge is 0.414 e. The van der Waals surface area contributed by atoms with Gasteiger partial charge in [0.15, 0.2) is 11.6 Å². The van der Waals surface area contributed by atoms with Crippen LogP contribution in [0.4, 0.5) is 14.9 Å². The van der Waals surface area contributed by atoms with Crippen LogP contribution in [0.15, 0.2) is 12.1 Å². The van der Waals surface area contributed by atoms with Crippen LogP contribution in [0.1, 0.15) is 26.3 Å². The second-order valence-electron chi connectivity index (χ2n) is 5.50. The van der Waals surface area contributed by atoms with Gasteiger partial charge in [-0.1, -0.05) is 0 Å². The van der Waals surface area contributed by atoms with Crippen molar-refractivity contribution in [1.29, 1.82) is 0 Å². The summed E-state index contributed by atoms with van der Waals surface area (Å²) in [5.41, 5.74) is 0.891. The maximum atomic E-state index is 13.7. The van der Waals surface area contributed by atoms with E-state index < -0.39 is 17.5 Å². The van der Waals surface area contributed by atoms with Crippen molar-refractivity contribution in [2.75, 3.05) is 18.6 Å². The molecule has 5 heteroatoms. The number of anilines is 1. The van der Waals surface area contributed by atoms with Crippen molar-refractivity contribution < 1.29 is 18.7 Å². The molecule has 19 heavy (non-hydrogen) atoms. The minimum absolute atomic E-state index is 0.199. The molecule has 0 aromatic heterocycles. The number of hydrogen-bond acceptors (Lipinski definition) is 3. The average Bonchev–Trinajstić information content (AvgIpc) is 2.68. The molecule has 0 N–H and O–H groups in total. The maximum Gasteiger partial charge on any atom is 0.414 e. The number of carbonyl (C=O) groups excluding carboxylic acids is 1. The third kappa shape index (κ3) is 2.80. The molecule has 2 rings (SSSR count). The van der Waals surface area contributed by atoms with Gasteiger partial charge in [0.25, 0.3) is 0 Å². The van der Waals surface area contributed by atoms with E-state index in [1.807, 2.05) is 0 Å². The Balaban J connectivity index is 2.27. The molecule has 0 bridgehead atoms. The normalized spacial score (nSPS) is 14.3. The number of hydrogen-bond donors (Lipinski definition) is 0. The molecular formula is C14H18FNO3. The molecule has 0 saturated carbocycles. The summed E-state index contributed by atoms with van der Waals surface area (Å²) in [4.78, 5) is 13.5. The monoisotopic (exact) mass is 267 g/mol. The van der Waals surface area contributed by atoms with Gasteiger partial charge in [0.05, 0.1) is 12.8 Å². The van der Waals surface area contributed by atoms with Crippen LogP contribution >= 0.6 is 0 Å². The minimum Gasteiger partial charge on any atom is -0.494 e. The lowest BCUT2D eigenvalue weighted by Gasteiger charge is -2.24. The third-order valence-corrected chi connectivity index (χ3v) is 2.86. The predicted molar refractivity (Wildman–Crippen MR) is 70.2 cm³/mol. The number of benzene rings is 1. The van der Waals surface area contributed by atoms with Gasteiger partial charge in [-0.05, 0) is 38.8 Å². The fraction of sp³-hybridized carbons (Fsp3) is 0.500. The fourth-order valence-electron chi connectivity index (χ4n) is 2.05. The van der Waals surface area contributed by atoms with Gasteiger partial charge in [0, 0.05) is 12.6 Å². The summed E-state index contributed by atoms with van der Waals surface area (Å²) in [6, 6.07) is 2.96. The second-order valence-corrected chi connectivity index (χ2v) is 5.50. The van der Waals surface area contributed by atoms with Crippen LogP contribution in [0.5, 0.6) is 5.75 Å². The summed E-state index contributed by atoms with van der Waals surface area (Å²) in [5.74, 6) is -0.276. The number of amides is 1. The quantitative estimate of drug-likeness (QED) is 0.784. The van der Waals surface area contributed by atoms with E-state index in [2.05, 4.69) is 0 Å². The summed E-state index contributed by atoms with van der Waals surface area (Å²) in [7, 11) is 1.42. The van der Waals surface area contributed by atoms with Gasteiger partial charge < -0.3 is 9.47 Å². The lowest BCUT2D eigenvalue weighted by molar-refractivity contribution is 0.0584. The van der Waals surface area contributed by atoms with Crippen LogP contribution in [-0.4, -0.2) is 25.3 Å². The maximum absolute atomic E-state index is 13.7. The highest BCUT2D eigenvalue weighted by Crippen LogP contribution is 2.34. The molecule has 4 nitrogen and oxygen atoms in total. The summed E-state index contributed by atoms with van der Waals surface area (Å²) in [6.07, 6.45) is 0.224. The lowest BCUT2D eigenvalue weighted by Crippen LogP contribution is -2.35. The summed E-state index contributed by atoms with van der Waals surface area (Å²) < 4.78 is 24.0. The fourth-order valence-corrected chi connectivity index (χ4v) is 2.05. The number of nitrogens with zero attached hydrogens (tertiary/aromatic N) is 1. The van der Waals surface area contributed by atoms with Crippen LogP contribution in [0.2, 0.25) is 0 Å². The molecule has 1 aromatic carbocycles. The largest absolute Gasteiger partial charge is 0.494 e. The Hall–Kier alpha value is -1.78. The number of ether oxygens (including phenoxy) is 2. The Labute approximate surface area is 112 Å².